The first kappa shape index (κ1) is 14.1. The third-order valence-corrected chi connectivity index (χ3v) is 1.98. The second-order valence-corrected chi connectivity index (χ2v) is 3.25. The first-order valence-electron chi connectivity index (χ1n) is 4.71. The first-order chi connectivity index (χ1) is 7.52. The van der Waals surface area contributed by atoms with Gasteiger partial charge in [0.2, 0.25) is 0 Å². The van der Waals surface area contributed by atoms with Gasteiger partial charge in [-0.25, -0.2) is 0 Å². The van der Waals surface area contributed by atoms with Crippen molar-refractivity contribution < 1.29 is 10.2 Å². The molecule has 0 fully saturated rings. The third kappa shape index (κ3) is 5.11. The Kier molecular flexibility index (Phi) is 6.55. The summed E-state index contributed by atoms with van der Waals surface area (Å²) in [6, 6.07) is 3.51. The van der Waals surface area contributed by atoms with E-state index in [0.717, 1.165) is 0 Å². The van der Waals surface area contributed by atoms with Crippen molar-refractivity contribution in [1.82, 2.24) is 0 Å². The van der Waals surface area contributed by atoms with Gasteiger partial charge in [0.05, 0.1) is 35.5 Å². The maximum Gasteiger partial charge on any atom is 0.0968 e. The van der Waals surface area contributed by atoms with Gasteiger partial charge in [-0.15, -0.1) is 0 Å². The Morgan fingerprint density at radius 3 is 1.56 bits per heavy atom. The van der Waals surface area contributed by atoms with Gasteiger partial charge in [0, 0.05) is 0 Å². The van der Waals surface area contributed by atoms with Crippen molar-refractivity contribution in [2.45, 2.75) is 25.0 Å². The predicted octanol–water partition coefficient (Wildman–Crippen LogP) is 1.20. The molecule has 2 N–H and O–H groups in total. The number of aliphatic hydroxyl groups excluding tert-OH is 2. The lowest BCUT2D eigenvalue weighted by Gasteiger charge is -2.05. The van der Waals surface area contributed by atoms with Crippen LogP contribution in [0.5, 0.6) is 0 Å². The van der Waals surface area contributed by atoms with Crippen LogP contribution in [0.25, 0.3) is 0 Å². The predicted molar refractivity (Wildman–Crippen MR) is 59.9 cm³/mol. The first-order valence-corrected chi connectivity index (χ1v) is 4.71. The van der Waals surface area contributed by atoms with Gasteiger partial charge in [0.15, 0.2) is 0 Å². The Balaban J connectivity index is 3.97. The fourth-order valence-electron chi connectivity index (χ4n) is 0.884. The number of hydrogen-bond donors (Lipinski definition) is 2. The summed E-state index contributed by atoms with van der Waals surface area (Å²) in [6.45, 7) is 6.75. The molecule has 2 atom stereocenters. The van der Waals surface area contributed by atoms with Crippen molar-refractivity contribution in [3.63, 3.8) is 0 Å². The fourth-order valence-corrected chi connectivity index (χ4v) is 0.884. The topological polar surface area (TPSA) is 88.0 Å². The van der Waals surface area contributed by atoms with Gasteiger partial charge in [-0.1, -0.05) is 25.3 Å². The van der Waals surface area contributed by atoms with Crippen LogP contribution in [0.4, 0.5) is 0 Å². The Morgan fingerprint density at radius 1 is 1.00 bits per heavy atom. The van der Waals surface area contributed by atoms with Gasteiger partial charge in [-0.05, 0) is 12.8 Å². The summed E-state index contributed by atoms with van der Waals surface area (Å²) in [5, 5.41) is 35.5. The molecule has 0 heterocycles. The molecule has 0 bridgehead atoms. The minimum atomic E-state index is -0.891. The van der Waals surface area contributed by atoms with Crippen LogP contribution in [0, 0.1) is 22.7 Å². The largest absolute Gasteiger partial charge is 0.387 e. The molecule has 0 amide bonds. The second kappa shape index (κ2) is 7.42. The Hall–Kier alpha value is -1.88. The van der Waals surface area contributed by atoms with Crippen molar-refractivity contribution in [2.24, 2.45) is 0 Å². The zero-order chi connectivity index (χ0) is 12.6. The minimum absolute atomic E-state index is 0.103. The molecular formula is C12H14N2O2. The van der Waals surface area contributed by atoms with Gasteiger partial charge in [0.1, 0.15) is 0 Å². The molecule has 2 unspecified atom stereocenters. The molecule has 0 aromatic rings. The van der Waals surface area contributed by atoms with Crippen LogP contribution in [-0.4, -0.2) is 22.4 Å². The molecule has 0 rings (SSSR count). The SMILES string of the molecule is C=C(C#N)C(O)C/C=C/CC(O)C(=C)C#N. The molecule has 0 saturated carbocycles. The number of rotatable bonds is 6. The molecule has 0 radical (unpaired) electrons. The highest BCUT2D eigenvalue weighted by atomic mass is 16.3. The lowest BCUT2D eigenvalue weighted by molar-refractivity contribution is 0.215. The zero-order valence-electron chi connectivity index (χ0n) is 8.93. The van der Waals surface area contributed by atoms with E-state index in [9.17, 15) is 10.2 Å². The van der Waals surface area contributed by atoms with Crippen LogP contribution in [0.15, 0.2) is 36.5 Å². The summed E-state index contributed by atoms with van der Waals surface area (Å²) >= 11 is 0. The lowest BCUT2D eigenvalue weighted by Crippen LogP contribution is -2.08. The van der Waals surface area contributed by atoms with Crippen LogP contribution in [0.1, 0.15) is 12.8 Å². The van der Waals surface area contributed by atoms with Gasteiger partial charge in [-0.3, -0.25) is 0 Å². The van der Waals surface area contributed by atoms with Crippen LogP contribution in [-0.2, 0) is 0 Å². The normalized spacial score (nSPS) is 13.8. The van der Waals surface area contributed by atoms with Crippen LogP contribution >= 0.6 is 0 Å². The monoisotopic (exact) mass is 218 g/mol. The van der Waals surface area contributed by atoms with E-state index in [1.807, 2.05) is 0 Å². The average molecular weight is 218 g/mol. The smallest absolute Gasteiger partial charge is 0.0968 e. The molecule has 0 aromatic heterocycles. The zero-order valence-corrected chi connectivity index (χ0v) is 8.93. The van der Waals surface area contributed by atoms with Crippen LogP contribution in [0.2, 0.25) is 0 Å². The fraction of sp³-hybridized carbons (Fsp3) is 0.333. The number of aliphatic hydroxyl groups is 2. The van der Waals surface area contributed by atoms with E-state index in [-0.39, 0.29) is 24.0 Å². The quantitative estimate of drug-likeness (QED) is 0.518. The molecule has 4 heteroatoms. The van der Waals surface area contributed by atoms with Crippen molar-refractivity contribution in [2.75, 3.05) is 0 Å². The van der Waals surface area contributed by atoms with Gasteiger partial charge in [0.25, 0.3) is 0 Å². The average Bonchev–Trinajstić information content (AvgIpc) is 2.31. The van der Waals surface area contributed by atoms with E-state index in [1.165, 1.54) is 0 Å². The van der Waals surface area contributed by atoms with Crippen LogP contribution in [0.3, 0.4) is 0 Å². The maximum atomic E-state index is 9.33. The number of hydrogen-bond acceptors (Lipinski definition) is 4. The van der Waals surface area contributed by atoms with Crippen LogP contribution < -0.4 is 0 Å². The lowest BCUT2D eigenvalue weighted by atomic mass is 10.1. The maximum absolute atomic E-state index is 9.33. The summed E-state index contributed by atoms with van der Waals surface area (Å²) in [7, 11) is 0. The van der Waals surface area contributed by atoms with Crippen molar-refractivity contribution >= 4 is 0 Å². The minimum Gasteiger partial charge on any atom is -0.387 e. The molecular weight excluding hydrogens is 204 g/mol. The molecule has 0 aromatic carbocycles. The second-order valence-electron chi connectivity index (χ2n) is 3.25. The van der Waals surface area contributed by atoms with E-state index in [4.69, 9.17) is 10.5 Å². The summed E-state index contributed by atoms with van der Waals surface area (Å²) in [5.41, 5.74) is 0.207. The summed E-state index contributed by atoms with van der Waals surface area (Å²) in [6.07, 6.45) is 1.99. The van der Waals surface area contributed by atoms with E-state index in [1.54, 1.807) is 24.3 Å². The Bertz CT molecular complexity index is 335. The summed E-state index contributed by atoms with van der Waals surface area (Å²) < 4.78 is 0. The summed E-state index contributed by atoms with van der Waals surface area (Å²) in [4.78, 5) is 0. The van der Waals surface area contributed by atoms with Crippen molar-refractivity contribution in [1.29, 1.82) is 10.5 Å². The third-order valence-electron chi connectivity index (χ3n) is 1.98. The van der Waals surface area contributed by atoms with E-state index >= 15 is 0 Å². The Labute approximate surface area is 95.1 Å². The molecule has 0 spiro atoms. The molecule has 16 heavy (non-hydrogen) atoms. The number of nitrogens with zero attached hydrogens (tertiary/aromatic N) is 2. The molecule has 0 aliphatic carbocycles. The highest BCUT2D eigenvalue weighted by Crippen LogP contribution is 2.07. The van der Waals surface area contributed by atoms with E-state index in [0.29, 0.717) is 0 Å². The van der Waals surface area contributed by atoms with E-state index in [2.05, 4.69) is 13.2 Å². The molecule has 0 aliphatic heterocycles. The van der Waals surface area contributed by atoms with Gasteiger partial charge < -0.3 is 10.2 Å². The molecule has 0 saturated heterocycles. The highest BCUT2D eigenvalue weighted by molar-refractivity contribution is 5.22. The Morgan fingerprint density at radius 2 is 1.31 bits per heavy atom. The van der Waals surface area contributed by atoms with Gasteiger partial charge >= 0.3 is 0 Å². The molecule has 84 valence electrons. The highest BCUT2D eigenvalue weighted by Gasteiger charge is 2.07. The van der Waals surface area contributed by atoms with Gasteiger partial charge in [-0.2, -0.15) is 10.5 Å². The number of nitriles is 2. The van der Waals surface area contributed by atoms with Crippen molar-refractivity contribution in [3.05, 3.63) is 36.5 Å². The van der Waals surface area contributed by atoms with E-state index < -0.39 is 12.2 Å². The standard InChI is InChI=1S/C12H14N2O2/c1-9(7-13)11(15)5-3-4-6-12(16)10(2)8-14/h3-4,11-12,15-16H,1-2,5-6H2/b4-3+. The molecule has 0 aliphatic rings. The van der Waals surface area contributed by atoms with Crippen molar-refractivity contribution in [3.8, 4) is 12.1 Å². The summed E-state index contributed by atoms with van der Waals surface area (Å²) in [5.74, 6) is 0. The molecule has 4 nitrogen and oxygen atoms in total.